The molecule has 1 aromatic heterocycles. The molecule has 0 radical (unpaired) electrons. The molecule has 2 N–H and O–H groups in total. The largest absolute Gasteiger partial charge is 0.497 e. The van der Waals surface area contributed by atoms with Gasteiger partial charge in [0.1, 0.15) is 11.4 Å². The highest BCUT2D eigenvalue weighted by Crippen LogP contribution is 2.31. The third-order valence-electron chi connectivity index (χ3n) is 5.07. The number of benzene rings is 2. The van der Waals surface area contributed by atoms with Gasteiger partial charge in [0.25, 0.3) is 0 Å². The van der Waals surface area contributed by atoms with Crippen molar-refractivity contribution in [1.29, 1.82) is 0 Å². The quantitative estimate of drug-likeness (QED) is 0.516. The highest BCUT2D eigenvalue weighted by molar-refractivity contribution is 7.92. The van der Waals surface area contributed by atoms with Crippen LogP contribution in [-0.4, -0.2) is 32.7 Å². The fourth-order valence-corrected chi connectivity index (χ4v) is 4.32. The van der Waals surface area contributed by atoms with E-state index in [1.807, 2.05) is 0 Å². The van der Waals surface area contributed by atoms with Crippen LogP contribution in [0.15, 0.2) is 66.9 Å². The Balaban J connectivity index is 1.92. The van der Waals surface area contributed by atoms with Crippen molar-refractivity contribution in [3.05, 3.63) is 89.2 Å². The summed E-state index contributed by atoms with van der Waals surface area (Å²) in [5, 5.41) is 0. The van der Waals surface area contributed by atoms with Gasteiger partial charge in [-0.1, -0.05) is 30.3 Å². The van der Waals surface area contributed by atoms with Crippen molar-refractivity contribution >= 4 is 21.6 Å². The van der Waals surface area contributed by atoms with Crippen molar-refractivity contribution in [3.63, 3.8) is 0 Å². The fraction of sp³-hybridized carbons (Fsp3) is 0.217. The van der Waals surface area contributed by atoms with Gasteiger partial charge in [0.05, 0.1) is 31.5 Å². The third kappa shape index (κ3) is 5.84. The van der Waals surface area contributed by atoms with Gasteiger partial charge in [-0.3, -0.25) is 14.1 Å². The Bertz CT molecular complexity index is 1260. The second-order valence-electron chi connectivity index (χ2n) is 7.52. The number of hydrogen-bond donors (Lipinski definition) is 1. The standard InChI is InChI=1S/C23H22F3N3O4S/c1-33-19-5-3-4-15(12-19)14-29(34(2,31)32)18-9-6-16(7-10-18)21(22(27)30)17-8-11-20(28-13-17)23(24,25)26/h3-13,21H,14H2,1-2H3,(H2,27,30). The fourth-order valence-electron chi connectivity index (χ4n) is 3.43. The first kappa shape index (κ1) is 25.0. The van der Waals surface area contributed by atoms with Gasteiger partial charge in [-0.15, -0.1) is 0 Å². The predicted octanol–water partition coefficient (Wildman–Crippen LogP) is 3.69. The van der Waals surface area contributed by atoms with E-state index < -0.39 is 33.7 Å². The lowest BCUT2D eigenvalue weighted by Gasteiger charge is -2.23. The molecule has 0 saturated heterocycles. The summed E-state index contributed by atoms with van der Waals surface area (Å²) >= 11 is 0. The summed E-state index contributed by atoms with van der Waals surface area (Å²) in [5.41, 5.74) is 6.02. The number of halogens is 3. The minimum Gasteiger partial charge on any atom is -0.497 e. The Hall–Kier alpha value is -3.60. The van der Waals surface area contributed by atoms with Crippen LogP contribution in [-0.2, 0) is 27.5 Å². The Kier molecular flexibility index (Phi) is 7.15. The van der Waals surface area contributed by atoms with Gasteiger partial charge in [-0.2, -0.15) is 13.2 Å². The number of nitrogens with two attached hydrogens (primary N) is 1. The molecule has 0 fully saturated rings. The second kappa shape index (κ2) is 9.72. The molecule has 7 nitrogen and oxygen atoms in total. The number of aromatic nitrogens is 1. The topological polar surface area (TPSA) is 103 Å². The number of rotatable bonds is 8. The molecule has 1 amide bonds. The van der Waals surface area contributed by atoms with Crippen molar-refractivity contribution in [2.75, 3.05) is 17.7 Å². The molecule has 0 bridgehead atoms. The van der Waals surface area contributed by atoms with Crippen molar-refractivity contribution in [1.82, 2.24) is 4.98 Å². The monoisotopic (exact) mass is 493 g/mol. The van der Waals surface area contributed by atoms with Crippen LogP contribution in [0.4, 0.5) is 18.9 Å². The summed E-state index contributed by atoms with van der Waals surface area (Å²) in [6, 6.07) is 14.9. The molecule has 2 aromatic carbocycles. The van der Waals surface area contributed by atoms with Gasteiger partial charge < -0.3 is 10.5 Å². The molecule has 1 heterocycles. The van der Waals surface area contributed by atoms with E-state index in [1.165, 1.54) is 35.7 Å². The first-order valence-corrected chi connectivity index (χ1v) is 11.8. The number of sulfonamides is 1. The van der Waals surface area contributed by atoms with E-state index in [-0.39, 0.29) is 12.1 Å². The minimum absolute atomic E-state index is 0.0391. The molecule has 0 saturated carbocycles. The third-order valence-corrected chi connectivity index (χ3v) is 6.21. The summed E-state index contributed by atoms with van der Waals surface area (Å²) in [4.78, 5) is 15.5. The van der Waals surface area contributed by atoms with Crippen molar-refractivity contribution in [3.8, 4) is 5.75 Å². The van der Waals surface area contributed by atoms with E-state index in [1.54, 1.807) is 24.3 Å². The number of pyridine rings is 1. The Morgan fingerprint density at radius 1 is 1.09 bits per heavy atom. The highest BCUT2D eigenvalue weighted by atomic mass is 32.2. The molecule has 0 aliphatic carbocycles. The van der Waals surface area contributed by atoms with Crippen LogP contribution in [0, 0.1) is 0 Å². The van der Waals surface area contributed by atoms with E-state index in [9.17, 15) is 26.4 Å². The highest BCUT2D eigenvalue weighted by Gasteiger charge is 2.33. The summed E-state index contributed by atoms with van der Waals surface area (Å²) in [5.74, 6) is -1.27. The van der Waals surface area contributed by atoms with E-state index in [0.29, 0.717) is 22.6 Å². The molecular formula is C23H22F3N3O4S. The Morgan fingerprint density at radius 3 is 2.24 bits per heavy atom. The van der Waals surface area contributed by atoms with Gasteiger partial charge in [-0.05, 0) is 47.0 Å². The number of alkyl halides is 3. The van der Waals surface area contributed by atoms with E-state index >= 15 is 0 Å². The van der Waals surface area contributed by atoms with E-state index in [2.05, 4.69) is 4.98 Å². The Morgan fingerprint density at radius 2 is 1.74 bits per heavy atom. The molecule has 11 heteroatoms. The van der Waals surface area contributed by atoms with Gasteiger partial charge in [-0.25, -0.2) is 8.42 Å². The number of carbonyl (C=O) groups is 1. The van der Waals surface area contributed by atoms with Gasteiger partial charge in [0.2, 0.25) is 15.9 Å². The van der Waals surface area contributed by atoms with Gasteiger partial charge >= 0.3 is 6.18 Å². The van der Waals surface area contributed by atoms with Crippen LogP contribution in [0.25, 0.3) is 0 Å². The lowest BCUT2D eigenvalue weighted by atomic mass is 9.91. The number of carbonyl (C=O) groups excluding carboxylic acids is 1. The van der Waals surface area contributed by atoms with Crippen LogP contribution in [0.1, 0.15) is 28.3 Å². The average molecular weight is 494 g/mol. The number of primary amides is 1. The van der Waals surface area contributed by atoms with Crippen LogP contribution in [0.3, 0.4) is 0 Å². The maximum Gasteiger partial charge on any atom is 0.433 e. The molecule has 1 atom stereocenters. The number of nitrogens with zero attached hydrogens (tertiary/aromatic N) is 2. The van der Waals surface area contributed by atoms with E-state index in [0.717, 1.165) is 24.6 Å². The number of anilines is 1. The summed E-state index contributed by atoms with van der Waals surface area (Å²) in [6.45, 7) is 0.0391. The second-order valence-corrected chi connectivity index (χ2v) is 9.43. The minimum atomic E-state index is -4.61. The van der Waals surface area contributed by atoms with Crippen molar-refractivity contribution < 1.29 is 31.1 Å². The van der Waals surface area contributed by atoms with Gasteiger partial charge in [0, 0.05) is 6.20 Å². The summed E-state index contributed by atoms with van der Waals surface area (Å²) in [6.07, 6.45) is -2.58. The van der Waals surface area contributed by atoms with Crippen molar-refractivity contribution in [2.24, 2.45) is 5.73 Å². The first-order chi connectivity index (χ1) is 15.9. The lowest BCUT2D eigenvalue weighted by Crippen LogP contribution is -2.29. The molecular weight excluding hydrogens is 471 g/mol. The molecule has 180 valence electrons. The number of methoxy groups -OCH3 is 1. The summed E-state index contributed by atoms with van der Waals surface area (Å²) < 4.78 is 69.7. The zero-order chi connectivity index (χ0) is 25.1. The maximum atomic E-state index is 12.8. The summed E-state index contributed by atoms with van der Waals surface area (Å²) in [7, 11) is -2.16. The molecule has 3 aromatic rings. The normalized spacial score (nSPS) is 12.7. The molecule has 34 heavy (non-hydrogen) atoms. The van der Waals surface area contributed by atoms with Crippen LogP contribution in [0.5, 0.6) is 5.75 Å². The van der Waals surface area contributed by atoms with Crippen molar-refractivity contribution in [2.45, 2.75) is 18.6 Å². The van der Waals surface area contributed by atoms with Crippen LogP contribution in [0.2, 0.25) is 0 Å². The maximum absolute atomic E-state index is 12.8. The smallest absolute Gasteiger partial charge is 0.433 e. The lowest BCUT2D eigenvalue weighted by molar-refractivity contribution is -0.141. The number of amides is 1. The molecule has 0 aliphatic heterocycles. The average Bonchev–Trinajstić information content (AvgIpc) is 2.77. The van der Waals surface area contributed by atoms with Crippen LogP contribution >= 0.6 is 0 Å². The zero-order valence-electron chi connectivity index (χ0n) is 18.3. The first-order valence-electron chi connectivity index (χ1n) is 9.93. The zero-order valence-corrected chi connectivity index (χ0v) is 19.1. The number of hydrogen-bond acceptors (Lipinski definition) is 5. The van der Waals surface area contributed by atoms with E-state index in [4.69, 9.17) is 10.5 Å². The molecule has 0 aliphatic rings. The van der Waals surface area contributed by atoms with Gasteiger partial charge in [0.15, 0.2) is 0 Å². The number of ether oxygens (including phenoxy) is 1. The predicted molar refractivity (Wildman–Crippen MR) is 121 cm³/mol. The SMILES string of the molecule is COc1cccc(CN(c2ccc(C(C(N)=O)c3ccc(C(F)(F)F)nc3)cc2)S(C)(=O)=O)c1. The van der Waals surface area contributed by atoms with Crippen LogP contribution < -0.4 is 14.8 Å². The molecule has 3 rings (SSSR count). The molecule has 1 unspecified atom stereocenters. The Labute approximate surface area is 195 Å². The molecule has 0 spiro atoms.